The van der Waals surface area contributed by atoms with Gasteiger partial charge in [-0.05, 0) is 6.92 Å². The molecule has 0 aromatic heterocycles. The molecular formula is C5H8NO6P-2. The van der Waals surface area contributed by atoms with Crippen LogP contribution in [0.15, 0.2) is 0 Å². The van der Waals surface area contributed by atoms with E-state index in [1.165, 1.54) is 13.0 Å². The number of nitriles is 1. The van der Waals surface area contributed by atoms with Crippen molar-refractivity contribution < 1.29 is 28.7 Å². The average molecular weight is 209 g/mol. The van der Waals surface area contributed by atoms with Crippen molar-refractivity contribution in [2.45, 2.75) is 13.0 Å². The summed E-state index contributed by atoms with van der Waals surface area (Å²) in [7, 11) is -4.96. The molecule has 0 amide bonds. The highest BCUT2D eigenvalue weighted by Crippen LogP contribution is 2.26. The molecule has 0 spiro atoms. The number of phosphoric acid groups is 1. The normalized spacial score (nSPS) is 17.4. The summed E-state index contributed by atoms with van der Waals surface area (Å²) in [5.41, 5.74) is 0. The van der Waals surface area contributed by atoms with Crippen LogP contribution in [0.1, 0.15) is 6.92 Å². The fourth-order valence-corrected chi connectivity index (χ4v) is 0.735. The minimum Gasteiger partial charge on any atom is -0.790 e. The molecule has 1 rings (SSSR count). The van der Waals surface area contributed by atoms with Gasteiger partial charge in [-0.2, -0.15) is 5.26 Å². The topological polar surface area (TPSA) is 115 Å². The van der Waals surface area contributed by atoms with Gasteiger partial charge in [0.2, 0.25) is 0 Å². The molecule has 13 heavy (non-hydrogen) atoms. The molecule has 1 saturated heterocycles. The van der Waals surface area contributed by atoms with Gasteiger partial charge in [-0.15, -0.1) is 0 Å². The van der Waals surface area contributed by atoms with Crippen LogP contribution in [-0.2, 0) is 18.9 Å². The lowest BCUT2D eigenvalue weighted by Gasteiger charge is -2.29. The first kappa shape index (κ1) is 12.5. The maximum absolute atomic E-state index is 9.70. The number of phosphoric ester groups is 1. The summed E-state index contributed by atoms with van der Waals surface area (Å²) in [6.45, 7) is 2.72. The third kappa shape index (κ3) is 9.43. The summed E-state index contributed by atoms with van der Waals surface area (Å²) < 4.78 is 13.4. The van der Waals surface area contributed by atoms with E-state index < -0.39 is 13.9 Å². The van der Waals surface area contributed by atoms with Gasteiger partial charge in [0.1, 0.15) is 19.3 Å². The molecule has 7 nitrogen and oxygen atoms in total. The molecule has 0 aromatic carbocycles. The van der Waals surface area contributed by atoms with Gasteiger partial charge in [0.05, 0.1) is 13.9 Å². The fourth-order valence-electron chi connectivity index (χ4n) is 0.301. The first-order chi connectivity index (χ1) is 5.95. The lowest BCUT2D eigenvalue weighted by molar-refractivity contribution is -0.382. The Kier molecular flexibility index (Phi) is 5.82. The van der Waals surface area contributed by atoms with Gasteiger partial charge >= 0.3 is 0 Å². The van der Waals surface area contributed by atoms with Gasteiger partial charge in [-0.3, -0.25) is 0 Å². The quantitative estimate of drug-likeness (QED) is 0.409. The number of hydrogen-bond acceptors (Lipinski definition) is 7. The van der Waals surface area contributed by atoms with E-state index in [-0.39, 0.29) is 0 Å². The van der Waals surface area contributed by atoms with Crippen LogP contribution in [-0.4, -0.2) is 19.3 Å². The molecule has 0 aliphatic carbocycles. The van der Waals surface area contributed by atoms with Crippen molar-refractivity contribution in [2.24, 2.45) is 0 Å². The minimum atomic E-state index is -4.96. The summed E-state index contributed by atoms with van der Waals surface area (Å²) in [6.07, 6.45) is -1.19. The summed E-state index contributed by atoms with van der Waals surface area (Å²) in [6, 6.07) is 1.43. The van der Waals surface area contributed by atoms with E-state index in [1.54, 1.807) is 0 Å². The molecular weight excluding hydrogens is 201 g/mol. The van der Waals surface area contributed by atoms with Crippen LogP contribution in [0.4, 0.5) is 0 Å². The molecule has 1 aliphatic rings. The summed E-state index contributed by atoms with van der Waals surface area (Å²) in [4.78, 5) is 27.8. The molecule has 0 N–H and O–H groups in total. The smallest absolute Gasteiger partial charge is 0.146 e. The van der Waals surface area contributed by atoms with E-state index in [0.29, 0.717) is 0 Å². The Morgan fingerprint density at radius 3 is 2.00 bits per heavy atom. The second-order valence-corrected chi connectivity index (χ2v) is 3.07. The maximum atomic E-state index is 9.70. The first-order valence-corrected chi connectivity index (χ1v) is 4.76. The van der Waals surface area contributed by atoms with Crippen LogP contribution in [0.3, 0.4) is 0 Å². The minimum absolute atomic E-state index is 0.778. The number of hydrogen-bond donors (Lipinski definition) is 0. The first-order valence-electron chi connectivity index (χ1n) is 3.30. The van der Waals surface area contributed by atoms with E-state index in [0.717, 1.165) is 13.2 Å². The summed E-state index contributed by atoms with van der Waals surface area (Å²) in [5.74, 6) is 0. The predicted molar refractivity (Wildman–Crippen MR) is 35.7 cm³/mol. The van der Waals surface area contributed by atoms with Crippen molar-refractivity contribution in [1.29, 1.82) is 5.26 Å². The molecule has 1 heterocycles. The Balaban J connectivity index is 0.000000293. The zero-order chi connectivity index (χ0) is 10.3. The van der Waals surface area contributed by atoms with E-state index in [1.807, 2.05) is 0 Å². The van der Waals surface area contributed by atoms with E-state index >= 15 is 0 Å². The summed E-state index contributed by atoms with van der Waals surface area (Å²) in [5, 5.41) is 7.92. The van der Waals surface area contributed by atoms with Crippen LogP contribution in [0.2, 0.25) is 0 Å². The van der Waals surface area contributed by atoms with Crippen molar-refractivity contribution in [3.8, 4) is 6.07 Å². The molecule has 1 atom stereocenters. The largest absolute Gasteiger partial charge is 0.790 e. The van der Waals surface area contributed by atoms with Gasteiger partial charge in [0, 0.05) is 0 Å². The molecule has 1 aliphatic heterocycles. The Bertz CT molecular complexity index is 212. The number of rotatable bonds is 2. The molecule has 8 heteroatoms. The van der Waals surface area contributed by atoms with E-state index in [4.69, 9.17) is 5.26 Å². The highest BCUT2D eigenvalue weighted by atomic mass is 31.2. The Morgan fingerprint density at radius 2 is 1.92 bits per heavy atom. The second kappa shape index (κ2) is 6.05. The average Bonchev–Trinajstić information content (AvgIpc) is 1.79. The van der Waals surface area contributed by atoms with Crippen molar-refractivity contribution in [3.63, 3.8) is 0 Å². The Morgan fingerprint density at radius 1 is 1.54 bits per heavy atom. The van der Waals surface area contributed by atoms with E-state index in [2.05, 4.69) is 14.3 Å². The highest BCUT2D eigenvalue weighted by Gasteiger charge is 1.99. The second-order valence-electron chi connectivity index (χ2n) is 1.97. The third-order valence-electron chi connectivity index (χ3n) is 0.802. The molecule has 1 unspecified atom stereocenters. The van der Waals surface area contributed by atoms with Crippen molar-refractivity contribution >= 4 is 7.82 Å². The van der Waals surface area contributed by atoms with Crippen molar-refractivity contribution in [2.75, 3.05) is 13.2 Å². The SMILES string of the molecule is C1COO1.CC(C#N)OP(=O)([O-])[O-]. The summed E-state index contributed by atoms with van der Waals surface area (Å²) >= 11 is 0. The predicted octanol–water partition coefficient (Wildman–Crippen LogP) is -1.31. The van der Waals surface area contributed by atoms with Crippen LogP contribution in [0.25, 0.3) is 0 Å². The highest BCUT2D eigenvalue weighted by molar-refractivity contribution is 7.43. The zero-order valence-electron chi connectivity index (χ0n) is 6.84. The van der Waals surface area contributed by atoms with Crippen molar-refractivity contribution in [1.82, 2.24) is 0 Å². The Hall–Kier alpha value is -0.480. The van der Waals surface area contributed by atoms with Gasteiger partial charge in [-0.1, -0.05) is 0 Å². The van der Waals surface area contributed by atoms with Gasteiger partial charge in [0.25, 0.3) is 0 Å². The Labute approximate surface area is 75.0 Å². The standard InChI is InChI=1S/C3H6NO4P.C2H4O2/c1-3(2-4)8-9(5,6)7;1-2-4-3-1/h3H,1H3,(H2,5,6,7);1-2H2/p-2. The molecule has 0 bridgehead atoms. The van der Waals surface area contributed by atoms with Gasteiger partial charge in [-0.25, -0.2) is 9.78 Å². The lowest BCUT2D eigenvalue weighted by atomic mass is 10.5. The van der Waals surface area contributed by atoms with Crippen LogP contribution >= 0.6 is 7.82 Å². The lowest BCUT2D eigenvalue weighted by Crippen LogP contribution is -2.20. The van der Waals surface area contributed by atoms with E-state index in [9.17, 15) is 14.4 Å². The van der Waals surface area contributed by atoms with Crippen LogP contribution in [0, 0.1) is 11.3 Å². The zero-order valence-corrected chi connectivity index (χ0v) is 7.73. The van der Waals surface area contributed by atoms with Crippen LogP contribution in [0.5, 0.6) is 0 Å². The molecule has 1 fully saturated rings. The van der Waals surface area contributed by atoms with Crippen molar-refractivity contribution in [3.05, 3.63) is 0 Å². The molecule has 0 radical (unpaired) electrons. The number of nitrogens with zero attached hydrogens (tertiary/aromatic N) is 1. The maximum Gasteiger partial charge on any atom is 0.146 e. The molecule has 0 saturated carbocycles. The van der Waals surface area contributed by atoms with Crippen LogP contribution < -0.4 is 9.79 Å². The molecule has 0 aromatic rings. The third-order valence-corrected chi connectivity index (χ3v) is 1.38. The van der Waals surface area contributed by atoms with Gasteiger partial charge in [0.15, 0.2) is 0 Å². The van der Waals surface area contributed by atoms with Gasteiger partial charge < -0.3 is 18.9 Å². The fraction of sp³-hybridized carbons (Fsp3) is 0.800. The molecule has 76 valence electrons. The monoisotopic (exact) mass is 209 g/mol.